The highest BCUT2D eigenvalue weighted by atomic mass is 127. The summed E-state index contributed by atoms with van der Waals surface area (Å²) in [5.41, 5.74) is 0. The van der Waals surface area contributed by atoms with E-state index in [1.807, 2.05) is 0 Å². The molecule has 6 nitrogen and oxygen atoms in total. The van der Waals surface area contributed by atoms with Gasteiger partial charge in [0.15, 0.2) is 5.96 Å². The van der Waals surface area contributed by atoms with Crippen molar-refractivity contribution in [1.82, 2.24) is 20.4 Å². The maximum atomic E-state index is 5.92. The second-order valence-electron chi connectivity index (χ2n) is 8.17. The Bertz CT molecular complexity index is 421. The summed E-state index contributed by atoms with van der Waals surface area (Å²) in [7, 11) is 0. The minimum atomic E-state index is 0. The lowest BCUT2D eigenvalue weighted by Crippen LogP contribution is -2.47. The summed E-state index contributed by atoms with van der Waals surface area (Å²) in [5.74, 6) is 1.62. The minimum absolute atomic E-state index is 0. The molecule has 2 rings (SSSR count). The fraction of sp³-hybridized carbons (Fsp3) is 0.950. The molecule has 0 saturated carbocycles. The van der Waals surface area contributed by atoms with E-state index in [2.05, 4.69) is 48.1 Å². The molecule has 2 unspecified atom stereocenters. The molecule has 7 heteroatoms. The number of nitrogens with zero attached hydrogens (tertiary/aromatic N) is 3. The smallest absolute Gasteiger partial charge is 0.191 e. The van der Waals surface area contributed by atoms with Gasteiger partial charge in [0, 0.05) is 45.3 Å². The first-order valence-corrected chi connectivity index (χ1v) is 10.7. The van der Waals surface area contributed by atoms with Crippen LogP contribution in [0.2, 0.25) is 0 Å². The quantitative estimate of drug-likeness (QED) is 0.308. The predicted octanol–water partition coefficient (Wildman–Crippen LogP) is 2.39. The lowest BCUT2D eigenvalue weighted by molar-refractivity contribution is -0.0261. The number of likely N-dealkylation sites (tertiary alicyclic amines) is 1. The van der Waals surface area contributed by atoms with Gasteiger partial charge in [0.1, 0.15) is 0 Å². The lowest BCUT2D eigenvalue weighted by atomic mass is 10.0. The number of ether oxygens (including phenoxy) is 1. The third-order valence-electron chi connectivity index (χ3n) is 5.28. The Kier molecular flexibility index (Phi) is 12.9. The van der Waals surface area contributed by atoms with Crippen molar-refractivity contribution in [3.8, 4) is 0 Å². The normalized spacial score (nSPS) is 25.3. The molecule has 0 radical (unpaired) electrons. The summed E-state index contributed by atoms with van der Waals surface area (Å²) in [6.07, 6.45) is 4.26. The van der Waals surface area contributed by atoms with Gasteiger partial charge in [-0.25, -0.2) is 0 Å². The van der Waals surface area contributed by atoms with Crippen molar-refractivity contribution >= 4 is 29.9 Å². The van der Waals surface area contributed by atoms with E-state index in [1.54, 1.807) is 0 Å². The summed E-state index contributed by atoms with van der Waals surface area (Å²) >= 11 is 0. The molecule has 2 atom stereocenters. The second kappa shape index (κ2) is 14.0. The monoisotopic (exact) mass is 495 g/mol. The molecule has 0 bridgehead atoms. The highest BCUT2D eigenvalue weighted by Crippen LogP contribution is 2.15. The fourth-order valence-corrected chi connectivity index (χ4v) is 3.92. The molecule has 2 aliphatic rings. The Balaban J connectivity index is 0.00000364. The number of nitrogens with one attached hydrogen (secondary N) is 2. The number of hydrogen-bond donors (Lipinski definition) is 2. The first-order chi connectivity index (χ1) is 12.6. The van der Waals surface area contributed by atoms with Crippen LogP contribution in [0.3, 0.4) is 0 Å². The number of rotatable bonds is 8. The molecule has 27 heavy (non-hydrogen) atoms. The van der Waals surface area contributed by atoms with E-state index in [4.69, 9.17) is 9.73 Å². The van der Waals surface area contributed by atoms with E-state index >= 15 is 0 Å². The van der Waals surface area contributed by atoms with Gasteiger partial charge >= 0.3 is 0 Å². The van der Waals surface area contributed by atoms with Gasteiger partial charge in [-0.1, -0.05) is 20.3 Å². The number of hydrogen-bond acceptors (Lipinski definition) is 4. The number of guanidine groups is 1. The number of piperidine rings is 1. The van der Waals surface area contributed by atoms with E-state index in [0.717, 1.165) is 58.4 Å². The Morgan fingerprint density at radius 3 is 2.74 bits per heavy atom. The zero-order valence-electron chi connectivity index (χ0n) is 17.9. The molecule has 2 N–H and O–H groups in total. The summed E-state index contributed by atoms with van der Waals surface area (Å²) < 4.78 is 5.92. The van der Waals surface area contributed by atoms with Crippen molar-refractivity contribution < 1.29 is 4.74 Å². The lowest BCUT2D eigenvalue weighted by Gasteiger charge is -2.33. The third kappa shape index (κ3) is 9.76. The average molecular weight is 495 g/mol. The molecule has 0 aromatic carbocycles. The Hall–Kier alpha value is -0.120. The average Bonchev–Trinajstić information content (AvgIpc) is 2.61. The van der Waals surface area contributed by atoms with Gasteiger partial charge in [0.2, 0.25) is 0 Å². The van der Waals surface area contributed by atoms with Gasteiger partial charge in [0.05, 0.1) is 19.3 Å². The van der Waals surface area contributed by atoms with Gasteiger partial charge in [-0.3, -0.25) is 14.8 Å². The highest BCUT2D eigenvalue weighted by Gasteiger charge is 2.21. The molecule has 0 amide bonds. The number of halogens is 1. The summed E-state index contributed by atoms with van der Waals surface area (Å²) in [4.78, 5) is 9.87. The topological polar surface area (TPSA) is 52.1 Å². The van der Waals surface area contributed by atoms with Crippen molar-refractivity contribution in [1.29, 1.82) is 0 Å². The van der Waals surface area contributed by atoms with Crippen LogP contribution in [0.1, 0.15) is 47.0 Å². The van der Waals surface area contributed by atoms with Gasteiger partial charge < -0.3 is 15.4 Å². The molecular weight excluding hydrogens is 453 g/mol. The molecule has 2 saturated heterocycles. The molecule has 0 aliphatic carbocycles. The molecule has 2 aliphatic heterocycles. The van der Waals surface area contributed by atoms with Crippen LogP contribution in [0.25, 0.3) is 0 Å². The third-order valence-corrected chi connectivity index (χ3v) is 5.28. The molecule has 160 valence electrons. The summed E-state index contributed by atoms with van der Waals surface area (Å²) in [5, 5.41) is 6.87. The van der Waals surface area contributed by atoms with Crippen molar-refractivity contribution in [2.75, 3.05) is 59.0 Å². The zero-order valence-corrected chi connectivity index (χ0v) is 20.2. The van der Waals surface area contributed by atoms with Gasteiger partial charge in [-0.2, -0.15) is 0 Å². The van der Waals surface area contributed by atoms with Crippen molar-refractivity contribution in [2.45, 2.75) is 59.1 Å². The molecule has 0 aromatic heterocycles. The summed E-state index contributed by atoms with van der Waals surface area (Å²) in [6.45, 7) is 17.9. The minimum Gasteiger partial charge on any atom is -0.374 e. The van der Waals surface area contributed by atoms with Crippen molar-refractivity contribution in [3.05, 3.63) is 0 Å². The second-order valence-corrected chi connectivity index (χ2v) is 8.17. The van der Waals surface area contributed by atoms with Gasteiger partial charge in [-0.05, 0) is 39.2 Å². The van der Waals surface area contributed by atoms with Crippen molar-refractivity contribution in [3.63, 3.8) is 0 Å². The highest BCUT2D eigenvalue weighted by molar-refractivity contribution is 14.0. The first kappa shape index (κ1) is 24.9. The van der Waals surface area contributed by atoms with Crippen LogP contribution in [-0.4, -0.2) is 86.9 Å². The van der Waals surface area contributed by atoms with Crippen LogP contribution in [0.5, 0.6) is 0 Å². The Morgan fingerprint density at radius 1 is 1.22 bits per heavy atom. The van der Waals surface area contributed by atoms with Crippen molar-refractivity contribution in [2.24, 2.45) is 10.9 Å². The van der Waals surface area contributed by atoms with Gasteiger partial charge in [-0.15, -0.1) is 24.0 Å². The summed E-state index contributed by atoms with van der Waals surface area (Å²) in [6, 6.07) is 0.715. The number of morpholine rings is 1. The van der Waals surface area contributed by atoms with E-state index < -0.39 is 0 Å². The molecule has 0 aromatic rings. The van der Waals surface area contributed by atoms with Crippen LogP contribution in [-0.2, 0) is 4.74 Å². The Morgan fingerprint density at radius 2 is 2.04 bits per heavy atom. The van der Waals surface area contributed by atoms with Crippen LogP contribution < -0.4 is 10.6 Å². The SMILES string of the molecule is CCNC(=NCC1CN(CC(C)C)CCO1)NCCN1CCCCC1C.I. The van der Waals surface area contributed by atoms with E-state index in [1.165, 1.54) is 25.8 Å². The van der Waals surface area contributed by atoms with E-state index in [0.29, 0.717) is 12.0 Å². The van der Waals surface area contributed by atoms with Gasteiger partial charge in [0.25, 0.3) is 0 Å². The van der Waals surface area contributed by atoms with Crippen LogP contribution in [0.4, 0.5) is 0 Å². The molecule has 2 heterocycles. The molecule has 2 fully saturated rings. The van der Waals surface area contributed by atoms with E-state index in [9.17, 15) is 0 Å². The largest absolute Gasteiger partial charge is 0.374 e. The Labute approximate surface area is 183 Å². The van der Waals surface area contributed by atoms with Crippen LogP contribution >= 0.6 is 24.0 Å². The fourth-order valence-electron chi connectivity index (χ4n) is 3.92. The maximum absolute atomic E-state index is 5.92. The maximum Gasteiger partial charge on any atom is 0.191 e. The van der Waals surface area contributed by atoms with E-state index in [-0.39, 0.29) is 30.1 Å². The van der Waals surface area contributed by atoms with Crippen LogP contribution in [0.15, 0.2) is 4.99 Å². The molecular formula is C20H42IN5O. The zero-order chi connectivity index (χ0) is 18.8. The predicted molar refractivity (Wildman–Crippen MR) is 125 cm³/mol. The standard InChI is InChI=1S/C20H41N5O.HI/c1-5-21-20(22-9-11-25-10-7-6-8-18(25)4)23-14-19-16-24(12-13-26-19)15-17(2)3;/h17-19H,5-16H2,1-4H3,(H2,21,22,23);1H. The molecule has 0 spiro atoms. The first-order valence-electron chi connectivity index (χ1n) is 10.7. The number of aliphatic imine (C=N–C) groups is 1. The van der Waals surface area contributed by atoms with Crippen LogP contribution in [0, 0.1) is 5.92 Å².